The highest BCUT2D eigenvalue weighted by Crippen LogP contribution is 2.26. The fourth-order valence-corrected chi connectivity index (χ4v) is 0.760. The summed E-state index contributed by atoms with van der Waals surface area (Å²) in [5.74, 6) is 0. The maximum absolute atomic E-state index is 10.3. The Labute approximate surface area is 67.7 Å². The first kappa shape index (κ1) is 8.12. The Kier molecular flexibility index (Phi) is 2.00. The predicted molar refractivity (Wildman–Crippen MR) is 42.3 cm³/mol. The number of nitro groups is 1. The molecule has 0 aromatic heterocycles. The van der Waals surface area contributed by atoms with Crippen LogP contribution < -0.4 is 5.73 Å². The van der Waals surface area contributed by atoms with E-state index in [4.69, 9.17) is 11.3 Å². The summed E-state index contributed by atoms with van der Waals surface area (Å²) in [7, 11) is 0. The fourth-order valence-electron chi connectivity index (χ4n) is 0.760. The van der Waals surface area contributed by atoms with Crippen LogP contribution in [0.5, 0.6) is 0 Å². The van der Waals surface area contributed by atoms with E-state index < -0.39 is 4.92 Å². The van der Waals surface area contributed by atoms with Crippen LogP contribution in [0.1, 0.15) is 0 Å². The SMILES string of the molecule is N=Nc1ccc(N)c([N+](=O)[O-])c1. The van der Waals surface area contributed by atoms with Gasteiger partial charge in [-0.25, -0.2) is 5.53 Å². The summed E-state index contributed by atoms with van der Waals surface area (Å²) in [6.07, 6.45) is 0. The van der Waals surface area contributed by atoms with Gasteiger partial charge in [-0.15, -0.1) is 0 Å². The zero-order chi connectivity index (χ0) is 9.14. The molecule has 0 aliphatic heterocycles. The van der Waals surface area contributed by atoms with Gasteiger partial charge >= 0.3 is 0 Å². The predicted octanol–water partition coefficient (Wildman–Crippen LogP) is 1.84. The first-order valence-corrected chi connectivity index (χ1v) is 3.06. The molecular formula is C6H6N4O2. The van der Waals surface area contributed by atoms with Gasteiger partial charge < -0.3 is 5.73 Å². The second-order valence-corrected chi connectivity index (χ2v) is 2.11. The van der Waals surface area contributed by atoms with Crippen LogP contribution in [0.15, 0.2) is 23.3 Å². The molecule has 0 aliphatic carbocycles. The van der Waals surface area contributed by atoms with E-state index >= 15 is 0 Å². The third-order valence-corrected chi connectivity index (χ3v) is 1.34. The molecule has 0 radical (unpaired) electrons. The molecule has 1 rings (SSSR count). The second kappa shape index (κ2) is 2.95. The summed E-state index contributed by atoms with van der Waals surface area (Å²) >= 11 is 0. The average Bonchev–Trinajstić information content (AvgIpc) is 2.05. The molecule has 62 valence electrons. The molecule has 0 amide bonds. The molecule has 0 aliphatic rings. The lowest BCUT2D eigenvalue weighted by molar-refractivity contribution is -0.383. The van der Waals surface area contributed by atoms with Crippen molar-refractivity contribution in [2.75, 3.05) is 5.73 Å². The van der Waals surface area contributed by atoms with Gasteiger partial charge in [0.25, 0.3) is 5.69 Å². The fraction of sp³-hybridized carbons (Fsp3) is 0. The van der Waals surface area contributed by atoms with Crippen LogP contribution in [-0.2, 0) is 0 Å². The summed E-state index contributed by atoms with van der Waals surface area (Å²) in [5.41, 5.74) is 12.0. The molecule has 0 saturated heterocycles. The Hall–Kier alpha value is -1.98. The van der Waals surface area contributed by atoms with E-state index in [2.05, 4.69) is 5.11 Å². The van der Waals surface area contributed by atoms with Crippen molar-refractivity contribution in [1.29, 1.82) is 5.53 Å². The molecule has 1 aromatic carbocycles. The minimum absolute atomic E-state index is 0.0763. The molecule has 0 saturated carbocycles. The number of nitrogens with one attached hydrogen (secondary N) is 1. The number of hydrogen-bond acceptors (Lipinski definition) is 5. The van der Waals surface area contributed by atoms with Gasteiger partial charge in [-0.05, 0) is 12.1 Å². The largest absolute Gasteiger partial charge is 0.393 e. The lowest BCUT2D eigenvalue weighted by Gasteiger charge is -1.96. The topological polar surface area (TPSA) is 105 Å². The van der Waals surface area contributed by atoms with Crippen molar-refractivity contribution in [1.82, 2.24) is 0 Å². The van der Waals surface area contributed by atoms with Crippen LogP contribution >= 0.6 is 0 Å². The van der Waals surface area contributed by atoms with Crippen molar-refractivity contribution in [3.8, 4) is 0 Å². The van der Waals surface area contributed by atoms with E-state index in [0.717, 1.165) is 6.07 Å². The van der Waals surface area contributed by atoms with Crippen LogP contribution in [0.25, 0.3) is 0 Å². The van der Waals surface area contributed by atoms with Gasteiger partial charge in [0.05, 0.1) is 10.6 Å². The number of nitrogens with zero attached hydrogens (tertiary/aromatic N) is 2. The van der Waals surface area contributed by atoms with Crippen LogP contribution in [-0.4, -0.2) is 4.92 Å². The van der Waals surface area contributed by atoms with Crippen molar-refractivity contribution in [2.24, 2.45) is 5.11 Å². The Morgan fingerprint density at radius 2 is 2.25 bits per heavy atom. The molecule has 0 bridgehead atoms. The van der Waals surface area contributed by atoms with Gasteiger partial charge in [-0.2, -0.15) is 5.11 Å². The zero-order valence-electron chi connectivity index (χ0n) is 6.02. The van der Waals surface area contributed by atoms with E-state index in [-0.39, 0.29) is 17.1 Å². The van der Waals surface area contributed by atoms with Crippen LogP contribution in [0, 0.1) is 15.6 Å². The number of hydrogen-bond donors (Lipinski definition) is 2. The number of nitrogens with two attached hydrogens (primary N) is 1. The van der Waals surface area contributed by atoms with E-state index in [9.17, 15) is 10.1 Å². The average molecular weight is 166 g/mol. The van der Waals surface area contributed by atoms with Gasteiger partial charge in [-0.3, -0.25) is 10.1 Å². The maximum atomic E-state index is 10.3. The van der Waals surface area contributed by atoms with Crippen molar-refractivity contribution in [2.45, 2.75) is 0 Å². The maximum Gasteiger partial charge on any atom is 0.294 e. The molecule has 0 heterocycles. The van der Waals surface area contributed by atoms with Crippen LogP contribution in [0.4, 0.5) is 17.1 Å². The van der Waals surface area contributed by atoms with Crippen molar-refractivity contribution in [3.05, 3.63) is 28.3 Å². The third-order valence-electron chi connectivity index (χ3n) is 1.34. The highest BCUT2D eigenvalue weighted by Gasteiger charge is 2.10. The molecule has 3 N–H and O–H groups in total. The Balaban J connectivity index is 3.25. The van der Waals surface area contributed by atoms with Gasteiger partial charge in [0.2, 0.25) is 0 Å². The van der Waals surface area contributed by atoms with Gasteiger partial charge in [0, 0.05) is 6.07 Å². The standard InChI is InChI=1S/C6H6N4O2/c7-5-2-1-4(9-8)3-6(5)10(11)12/h1-3,8H,7H2. The van der Waals surface area contributed by atoms with Crippen molar-refractivity contribution >= 4 is 17.1 Å². The van der Waals surface area contributed by atoms with E-state index in [1.165, 1.54) is 12.1 Å². The van der Waals surface area contributed by atoms with Gasteiger partial charge in [0.15, 0.2) is 0 Å². The Morgan fingerprint density at radius 1 is 1.58 bits per heavy atom. The summed E-state index contributed by atoms with van der Waals surface area (Å²) in [5, 5.41) is 13.4. The summed E-state index contributed by atoms with van der Waals surface area (Å²) in [4.78, 5) is 9.71. The van der Waals surface area contributed by atoms with E-state index in [1.54, 1.807) is 0 Å². The van der Waals surface area contributed by atoms with Gasteiger partial charge in [0.1, 0.15) is 5.69 Å². The van der Waals surface area contributed by atoms with Crippen molar-refractivity contribution in [3.63, 3.8) is 0 Å². The monoisotopic (exact) mass is 166 g/mol. The Bertz CT molecular complexity index is 336. The number of nitrogen functional groups attached to an aromatic ring is 1. The van der Waals surface area contributed by atoms with Crippen LogP contribution in [0.3, 0.4) is 0 Å². The molecule has 0 atom stereocenters. The molecule has 6 heteroatoms. The van der Waals surface area contributed by atoms with Gasteiger partial charge in [-0.1, -0.05) is 0 Å². The molecule has 1 aromatic rings. The number of anilines is 1. The summed E-state index contributed by atoms with van der Waals surface area (Å²) < 4.78 is 0. The second-order valence-electron chi connectivity index (χ2n) is 2.11. The highest BCUT2D eigenvalue weighted by atomic mass is 16.6. The number of nitro benzene ring substituents is 1. The smallest absolute Gasteiger partial charge is 0.294 e. The number of rotatable bonds is 2. The zero-order valence-corrected chi connectivity index (χ0v) is 6.02. The van der Waals surface area contributed by atoms with Crippen LogP contribution in [0.2, 0.25) is 0 Å². The molecular weight excluding hydrogens is 160 g/mol. The molecule has 6 nitrogen and oxygen atoms in total. The number of benzene rings is 1. The summed E-state index contributed by atoms with van der Waals surface area (Å²) in [6.45, 7) is 0. The molecule has 12 heavy (non-hydrogen) atoms. The summed E-state index contributed by atoms with van der Waals surface area (Å²) in [6, 6.07) is 3.95. The lowest BCUT2D eigenvalue weighted by Crippen LogP contribution is -1.94. The normalized spacial score (nSPS) is 9.33. The quantitative estimate of drug-likeness (QED) is 0.303. The lowest BCUT2D eigenvalue weighted by atomic mass is 10.2. The van der Waals surface area contributed by atoms with E-state index in [1.807, 2.05) is 0 Å². The minimum Gasteiger partial charge on any atom is -0.393 e. The first-order valence-electron chi connectivity index (χ1n) is 3.06. The third kappa shape index (κ3) is 1.36. The Morgan fingerprint density at radius 3 is 2.75 bits per heavy atom. The molecule has 0 unspecified atom stereocenters. The molecule has 0 fully saturated rings. The van der Waals surface area contributed by atoms with E-state index in [0.29, 0.717) is 0 Å². The highest BCUT2D eigenvalue weighted by molar-refractivity contribution is 5.63. The minimum atomic E-state index is -0.607. The first-order chi connectivity index (χ1) is 5.65. The molecule has 0 spiro atoms. The van der Waals surface area contributed by atoms with Crippen molar-refractivity contribution < 1.29 is 4.92 Å².